The maximum atomic E-state index is 12.2. The molecule has 0 spiro atoms. The quantitative estimate of drug-likeness (QED) is 0.772. The number of carbonyl (C=O) groups is 2. The van der Waals surface area contributed by atoms with E-state index in [0.717, 1.165) is 6.29 Å². The first-order valence-electron chi connectivity index (χ1n) is 7.22. The monoisotopic (exact) mass is 307 g/mol. The summed E-state index contributed by atoms with van der Waals surface area (Å²) in [5.74, 6) is 0.778. The molecule has 1 amide bonds. The molecule has 1 aliphatic heterocycles. The van der Waals surface area contributed by atoms with Crippen molar-refractivity contribution >= 4 is 12.2 Å². The predicted octanol–water partition coefficient (Wildman–Crippen LogP) is 1.52. The first-order valence-corrected chi connectivity index (χ1v) is 7.22. The van der Waals surface area contributed by atoms with Gasteiger partial charge in [-0.3, -0.25) is 9.59 Å². The van der Waals surface area contributed by atoms with Crippen LogP contribution in [0, 0.1) is 0 Å². The van der Waals surface area contributed by atoms with Crippen LogP contribution in [-0.2, 0) is 9.53 Å². The van der Waals surface area contributed by atoms with E-state index in [9.17, 15) is 9.59 Å². The van der Waals surface area contributed by atoms with Crippen LogP contribution in [0.15, 0.2) is 18.2 Å². The van der Waals surface area contributed by atoms with Crippen LogP contribution in [0.25, 0.3) is 0 Å². The zero-order valence-electron chi connectivity index (χ0n) is 13.1. The maximum Gasteiger partial charge on any atom is 0.260 e. The highest BCUT2D eigenvalue weighted by Gasteiger charge is 2.26. The molecule has 1 aromatic rings. The second-order valence-corrected chi connectivity index (χ2v) is 5.37. The van der Waals surface area contributed by atoms with E-state index in [-0.39, 0.29) is 24.7 Å². The van der Waals surface area contributed by atoms with Gasteiger partial charge in [-0.2, -0.15) is 0 Å². The smallest absolute Gasteiger partial charge is 0.260 e. The fourth-order valence-electron chi connectivity index (χ4n) is 2.49. The predicted molar refractivity (Wildman–Crippen MR) is 80.5 cm³/mol. The third-order valence-electron chi connectivity index (χ3n) is 3.45. The first-order chi connectivity index (χ1) is 10.5. The van der Waals surface area contributed by atoms with Crippen molar-refractivity contribution in [2.24, 2.45) is 0 Å². The first kappa shape index (κ1) is 16.3. The van der Waals surface area contributed by atoms with Crippen LogP contribution in [0.5, 0.6) is 11.5 Å². The van der Waals surface area contributed by atoms with Crippen molar-refractivity contribution in [3.63, 3.8) is 0 Å². The van der Waals surface area contributed by atoms with E-state index in [1.165, 1.54) is 7.11 Å². The van der Waals surface area contributed by atoms with Crippen LogP contribution in [0.4, 0.5) is 0 Å². The molecule has 2 atom stereocenters. The topological polar surface area (TPSA) is 65.1 Å². The van der Waals surface area contributed by atoms with Gasteiger partial charge in [-0.05, 0) is 32.0 Å². The summed E-state index contributed by atoms with van der Waals surface area (Å²) < 4.78 is 16.3. The fourth-order valence-corrected chi connectivity index (χ4v) is 2.49. The van der Waals surface area contributed by atoms with E-state index in [4.69, 9.17) is 14.2 Å². The number of nitrogens with zero attached hydrogens (tertiary/aromatic N) is 1. The molecule has 0 bridgehead atoms. The van der Waals surface area contributed by atoms with Gasteiger partial charge in [0.05, 0.1) is 19.3 Å². The van der Waals surface area contributed by atoms with Crippen LogP contribution in [0.3, 0.4) is 0 Å². The Morgan fingerprint density at radius 3 is 2.59 bits per heavy atom. The van der Waals surface area contributed by atoms with Crippen molar-refractivity contribution in [3.05, 3.63) is 23.8 Å². The number of aldehydes is 1. The van der Waals surface area contributed by atoms with E-state index in [1.54, 1.807) is 23.1 Å². The third-order valence-corrected chi connectivity index (χ3v) is 3.45. The fraction of sp³-hybridized carbons (Fsp3) is 0.500. The lowest BCUT2D eigenvalue weighted by Crippen LogP contribution is -2.49. The van der Waals surface area contributed by atoms with E-state index in [1.807, 2.05) is 13.8 Å². The summed E-state index contributed by atoms with van der Waals surface area (Å²) >= 11 is 0. The number of carbonyl (C=O) groups excluding carboxylic acids is 2. The van der Waals surface area contributed by atoms with Gasteiger partial charge >= 0.3 is 0 Å². The van der Waals surface area contributed by atoms with Crippen LogP contribution >= 0.6 is 0 Å². The Hall–Kier alpha value is -2.08. The Morgan fingerprint density at radius 1 is 1.32 bits per heavy atom. The third kappa shape index (κ3) is 3.98. The molecule has 0 aromatic heterocycles. The minimum Gasteiger partial charge on any atom is -0.493 e. The number of hydrogen-bond acceptors (Lipinski definition) is 5. The number of hydrogen-bond donors (Lipinski definition) is 0. The van der Waals surface area contributed by atoms with Crippen molar-refractivity contribution in [2.75, 3.05) is 26.8 Å². The van der Waals surface area contributed by atoms with Crippen LogP contribution in [-0.4, -0.2) is 56.1 Å². The molecule has 0 radical (unpaired) electrons. The highest BCUT2D eigenvalue weighted by Crippen LogP contribution is 2.27. The zero-order chi connectivity index (χ0) is 16.1. The summed E-state index contributed by atoms with van der Waals surface area (Å²) in [4.78, 5) is 24.7. The highest BCUT2D eigenvalue weighted by atomic mass is 16.5. The molecule has 1 aromatic carbocycles. The number of methoxy groups -OCH3 is 1. The lowest BCUT2D eigenvalue weighted by Gasteiger charge is -2.35. The van der Waals surface area contributed by atoms with Crippen molar-refractivity contribution in [3.8, 4) is 11.5 Å². The zero-order valence-corrected chi connectivity index (χ0v) is 13.1. The minimum atomic E-state index is -0.0940. The molecule has 1 aliphatic rings. The Morgan fingerprint density at radius 2 is 2.00 bits per heavy atom. The van der Waals surface area contributed by atoms with E-state index >= 15 is 0 Å². The van der Waals surface area contributed by atoms with Crippen LogP contribution < -0.4 is 9.47 Å². The summed E-state index contributed by atoms with van der Waals surface area (Å²) in [6.45, 7) is 4.94. The van der Waals surface area contributed by atoms with Crippen LogP contribution in [0.1, 0.15) is 24.2 Å². The van der Waals surface area contributed by atoms with Crippen molar-refractivity contribution in [1.82, 2.24) is 4.90 Å². The largest absolute Gasteiger partial charge is 0.493 e. The second-order valence-electron chi connectivity index (χ2n) is 5.37. The molecule has 120 valence electrons. The van der Waals surface area contributed by atoms with Gasteiger partial charge in [0.2, 0.25) is 0 Å². The average molecular weight is 307 g/mol. The molecule has 0 N–H and O–H groups in total. The van der Waals surface area contributed by atoms with Gasteiger partial charge in [0.1, 0.15) is 6.29 Å². The molecule has 6 nitrogen and oxygen atoms in total. The van der Waals surface area contributed by atoms with Gasteiger partial charge in [0, 0.05) is 18.7 Å². The number of rotatable bonds is 5. The van der Waals surface area contributed by atoms with E-state index in [2.05, 4.69) is 0 Å². The normalized spacial score (nSPS) is 21.3. The molecule has 0 unspecified atom stereocenters. The van der Waals surface area contributed by atoms with Gasteiger partial charge in [0.25, 0.3) is 5.91 Å². The second kappa shape index (κ2) is 7.26. The molecule has 22 heavy (non-hydrogen) atoms. The lowest BCUT2D eigenvalue weighted by atomic mass is 10.2. The SMILES string of the molecule is COc1cc(C=O)ccc1OCC(=O)N1C[C@H](C)O[C@@H](C)C1. The Labute approximate surface area is 129 Å². The number of morpholine rings is 1. The summed E-state index contributed by atoms with van der Waals surface area (Å²) in [6.07, 6.45) is 0.775. The molecule has 6 heteroatoms. The minimum absolute atomic E-state index is 0.0223. The molecule has 0 aliphatic carbocycles. The molecule has 1 heterocycles. The van der Waals surface area contributed by atoms with E-state index < -0.39 is 0 Å². The molecule has 2 rings (SSSR count). The molecule has 1 saturated heterocycles. The van der Waals surface area contributed by atoms with Gasteiger partial charge in [0.15, 0.2) is 18.1 Å². The van der Waals surface area contributed by atoms with Gasteiger partial charge in [-0.1, -0.05) is 0 Å². The standard InChI is InChI=1S/C16H21NO5/c1-11-7-17(8-12(2)22-11)16(19)10-21-14-5-4-13(9-18)6-15(14)20-3/h4-6,9,11-12H,7-8,10H2,1-3H3/t11-,12-/m0/s1. The van der Waals surface area contributed by atoms with Crippen molar-refractivity contribution < 1.29 is 23.8 Å². The number of ether oxygens (including phenoxy) is 3. The lowest BCUT2D eigenvalue weighted by molar-refractivity contribution is -0.145. The summed E-state index contributed by atoms with van der Waals surface area (Å²) in [7, 11) is 1.49. The van der Waals surface area contributed by atoms with Gasteiger partial charge in [-0.15, -0.1) is 0 Å². The molecular formula is C16H21NO5. The molecular weight excluding hydrogens is 286 g/mol. The van der Waals surface area contributed by atoms with E-state index in [0.29, 0.717) is 30.2 Å². The summed E-state index contributed by atoms with van der Waals surface area (Å²) in [6, 6.07) is 4.82. The Kier molecular flexibility index (Phi) is 5.38. The maximum absolute atomic E-state index is 12.2. The summed E-state index contributed by atoms with van der Waals surface area (Å²) in [5.41, 5.74) is 0.492. The summed E-state index contributed by atoms with van der Waals surface area (Å²) in [5, 5.41) is 0. The Bertz CT molecular complexity index is 535. The average Bonchev–Trinajstić information content (AvgIpc) is 2.51. The Balaban J connectivity index is 1.97. The van der Waals surface area contributed by atoms with Crippen molar-refractivity contribution in [1.29, 1.82) is 0 Å². The van der Waals surface area contributed by atoms with Gasteiger partial charge in [-0.25, -0.2) is 0 Å². The molecule has 0 saturated carbocycles. The molecule has 1 fully saturated rings. The number of amides is 1. The van der Waals surface area contributed by atoms with Gasteiger partial charge < -0.3 is 19.1 Å². The van der Waals surface area contributed by atoms with Crippen molar-refractivity contribution in [2.45, 2.75) is 26.1 Å². The van der Waals surface area contributed by atoms with Crippen LogP contribution in [0.2, 0.25) is 0 Å². The highest BCUT2D eigenvalue weighted by molar-refractivity contribution is 5.78. The number of benzene rings is 1.